The molecule has 0 heterocycles. The number of amides is 3. The Morgan fingerprint density at radius 1 is 0.976 bits per heavy atom. The lowest BCUT2D eigenvalue weighted by Crippen LogP contribution is -2.55. The molecule has 1 aliphatic carbocycles. The maximum atomic E-state index is 13.2. The van der Waals surface area contributed by atoms with E-state index in [2.05, 4.69) is 10.6 Å². The largest absolute Gasteiger partial charge is 0.490 e. The first-order valence-electron chi connectivity index (χ1n) is 13.5. The summed E-state index contributed by atoms with van der Waals surface area (Å²) < 4.78 is 44.8. The Labute approximate surface area is 241 Å². The lowest BCUT2D eigenvalue weighted by Gasteiger charge is -2.26. The molecule has 0 aliphatic heterocycles. The molecule has 9 N–H and O–H groups in total. The Kier molecular flexibility index (Phi) is 11.7. The molecule has 1 aliphatic rings. The molecule has 230 valence electrons. The van der Waals surface area contributed by atoms with Crippen molar-refractivity contribution in [1.82, 2.24) is 15.5 Å². The molecular formula is C28H37F3N6O5. The molecule has 0 saturated heterocycles. The van der Waals surface area contributed by atoms with Crippen LogP contribution in [0.15, 0.2) is 48.5 Å². The van der Waals surface area contributed by atoms with E-state index in [9.17, 15) is 32.7 Å². The summed E-state index contributed by atoms with van der Waals surface area (Å²) in [5, 5.41) is 16.0. The quantitative estimate of drug-likeness (QED) is 0.173. The number of carbonyl (C=O) groups is 3. The van der Waals surface area contributed by atoms with Crippen molar-refractivity contribution in [2.24, 2.45) is 17.2 Å². The van der Waals surface area contributed by atoms with Gasteiger partial charge >= 0.3 is 6.18 Å². The van der Waals surface area contributed by atoms with Gasteiger partial charge in [-0.3, -0.25) is 14.4 Å². The van der Waals surface area contributed by atoms with Gasteiger partial charge in [0.2, 0.25) is 17.7 Å². The van der Waals surface area contributed by atoms with E-state index >= 15 is 0 Å². The van der Waals surface area contributed by atoms with Gasteiger partial charge < -0.3 is 42.6 Å². The highest BCUT2D eigenvalue weighted by atomic mass is 19.4. The van der Waals surface area contributed by atoms with E-state index < -0.39 is 54.1 Å². The second-order valence-corrected chi connectivity index (χ2v) is 10.00. The molecule has 0 aromatic heterocycles. The second kappa shape index (κ2) is 15.0. The van der Waals surface area contributed by atoms with Crippen LogP contribution >= 0.6 is 0 Å². The number of alkyl halides is 3. The van der Waals surface area contributed by atoms with Gasteiger partial charge in [0.05, 0.1) is 24.1 Å². The first kappa shape index (κ1) is 32.8. The van der Waals surface area contributed by atoms with Crippen molar-refractivity contribution >= 4 is 17.7 Å². The smallest absolute Gasteiger partial charge is 0.416 e. The third kappa shape index (κ3) is 9.69. The standard InChI is InChI=1S/C28H37F3N6O5/c29-28(30,31)19-5-3-18(4-6-19)25(39)24(36-26(40)22(34)15-23(38)37(13-11-32)14-12-33)27(41)35-16-17-1-7-20(8-2-17)42-21-9-10-21/h1-8,21-22,24-25,39H,9-16,32-34H2,(H,35,41)(H,36,40)/t22-,24-,25+/m0/s1. The minimum atomic E-state index is -4.60. The van der Waals surface area contributed by atoms with E-state index in [-0.39, 0.29) is 44.4 Å². The molecule has 2 aromatic rings. The molecule has 42 heavy (non-hydrogen) atoms. The maximum absolute atomic E-state index is 13.2. The fraction of sp³-hybridized carbons (Fsp3) is 0.464. The van der Waals surface area contributed by atoms with Crippen LogP contribution in [0.5, 0.6) is 5.75 Å². The topological polar surface area (TPSA) is 186 Å². The zero-order valence-electron chi connectivity index (χ0n) is 23.0. The fourth-order valence-electron chi connectivity index (χ4n) is 4.06. The van der Waals surface area contributed by atoms with Crippen LogP contribution in [0.1, 0.15) is 42.1 Å². The van der Waals surface area contributed by atoms with E-state index in [4.69, 9.17) is 21.9 Å². The summed E-state index contributed by atoms with van der Waals surface area (Å²) in [4.78, 5) is 40.1. The van der Waals surface area contributed by atoms with E-state index in [1.807, 2.05) is 0 Å². The Balaban J connectivity index is 1.72. The number of nitrogens with one attached hydrogen (secondary N) is 2. The molecular weight excluding hydrogens is 557 g/mol. The summed E-state index contributed by atoms with van der Waals surface area (Å²) in [6, 6.07) is 7.50. The number of aliphatic hydroxyl groups is 1. The second-order valence-electron chi connectivity index (χ2n) is 10.00. The molecule has 1 saturated carbocycles. The highest BCUT2D eigenvalue weighted by Crippen LogP contribution is 2.30. The van der Waals surface area contributed by atoms with Gasteiger partial charge in [-0.2, -0.15) is 13.2 Å². The van der Waals surface area contributed by atoms with E-state index in [1.54, 1.807) is 24.3 Å². The first-order chi connectivity index (χ1) is 19.9. The number of ether oxygens (including phenoxy) is 1. The number of rotatable bonds is 15. The number of aliphatic hydroxyl groups excluding tert-OH is 1. The zero-order chi connectivity index (χ0) is 30.9. The van der Waals surface area contributed by atoms with Gasteiger partial charge in [-0.05, 0) is 48.2 Å². The predicted octanol–water partition coefficient (Wildman–Crippen LogP) is 0.545. The molecule has 14 heteroatoms. The Morgan fingerprint density at radius 2 is 1.57 bits per heavy atom. The number of nitrogens with zero attached hydrogens (tertiary/aromatic N) is 1. The van der Waals surface area contributed by atoms with Gasteiger partial charge in [0, 0.05) is 32.7 Å². The normalized spacial score (nSPS) is 15.3. The molecule has 3 amide bonds. The van der Waals surface area contributed by atoms with E-state index in [0.717, 1.165) is 37.1 Å². The van der Waals surface area contributed by atoms with Gasteiger partial charge in [0.15, 0.2) is 0 Å². The summed E-state index contributed by atoms with van der Waals surface area (Å²) in [6.45, 7) is 0.772. The van der Waals surface area contributed by atoms with Gasteiger partial charge in [0.1, 0.15) is 17.9 Å². The number of halogens is 3. The van der Waals surface area contributed by atoms with Crippen LogP contribution < -0.4 is 32.6 Å². The van der Waals surface area contributed by atoms with Crippen LogP contribution in [0.2, 0.25) is 0 Å². The van der Waals surface area contributed by atoms with E-state index in [0.29, 0.717) is 11.3 Å². The van der Waals surface area contributed by atoms with Crippen molar-refractivity contribution < 1.29 is 37.4 Å². The summed E-state index contributed by atoms with van der Waals surface area (Å²) >= 11 is 0. The first-order valence-corrected chi connectivity index (χ1v) is 13.5. The summed E-state index contributed by atoms with van der Waals surface area (Å²) in [5.74, 6) is -1.53. The molecule has 1 fully saturated rings. The minimum absolute atomic E-state index is 0.0202. The SMILES string of the molecule is NCCN(CCN)C(=O)C[C@H](N)C(=O)N[C@H](C(=O)NCc1ccc(OC2CC2)cc1)[C@H](O)c1ccc(C(F)(F)F)cc1. The van der Waals surface area contributed by atoms with Crippen molar-refractivity contribution in [3.8, 4) is 5.75 Å². The predicted molar refractivity (Wildman–Crippen MR) is 148 cm³/mol. The lowest BCUT2D eigenvalue weighted by atomic mass is 9.99. The Hall–Kier alpha value is -3.72. The molecule has 0 spiro atoms. The van der Waals surface area contributed by atoms with Crippen molar-refractivity contribution in [3.05, 3.63) is 65.2 Å². The number of carbonyl (C=O) groups excluding carboxylic acids is 3. The van der Waals surface area contributed by atoms with Crippen molar-refractivity contribution in [2.45, 2.75) is 56.3 Å². The monoisotopic (exact) mass is 594 g/mol. The lowest BCUT2D eigenvalue weighted by molar-refractivity contribution is -0.138. The Bertz CT molecular complexity index is 1190. The average Bonchev–Trinajstić information content (AvgIpc) is 3.78. The van der Waals surface area contributed by atoms with Gasteiger partial charge in [0.25, 0.3) is 0 Å². The fourth-order valence-corrected chi connectivity index (χ4v) is 4.06. The molecule has 2 aromatic carbocycles. The van der Waals surface area contributed by atoms with Gasteiger partial charge in [-0.1, -0.05) is 24.3 Å². The number of hydrogen-bond acceptors (Lipinski definition) is 8. The number of nitrogens with two attached hydrogens (primary N) is 3. The highest BCUT2D eigenvalue weighted by molar-refractivity contribution is 5.92. The van der Waals surface area contributed by atoms with Crippen LogP contribution in [0, 0.1) is 0 Å². The third-order valence-electron chi connectivity index (χ3n) is 6.57. The summed E-state index contributed by atoms with van der Waals surface area (Å²) in [7, 11) is 0. The summed E-state index contributed by atoms with van der Waals surface area (Å²) in [5.41, 5.74) is 16.7. The van der Waals surface area contributed by atoms with Crippen LogP contribution in [-0.2, 0) is 27.1 Å². The highest BCUT2D eigenvalue weighted by Gasteiger charge is 2.34. The van der Waals surface area contributed by atoms with Crippen molar-refractivity contribution in [1.29, 1.82) is 0 Å². The Morgan fingerprint density at radius 3 is 2.10 bits per heavy atom. The number of benzene rings is 2. The zero-order valence-corrected chi connectivity index (χ0v) is 23.0. The van der Waals surface area contributed by atoms with Crippen LogP contribution in [0.4, 0.5) is 13.2 Å². The van der Waals surface area contributed by atoms with Gasteiger partial charge in [-0.25, -0.2) is 0 Å². The molecule has 3 atom stereocenters. The van der Waals surface area contributed by atoms with Crippen LogP contribution in [0.25, 0.3) is 0 Å². The molecule has 3 rings (SSSR count). The third-order valence-corrected chi connectivity index (χ3v) is 6.57. The molecule has 0 radical (unpaired) electrons. The van der Waals surface area contributed by atoms with E-state index in [1.165, 1.54) is 4.90 Å². The van der Waals surface area contributed by atoms with Gasteiger partial charge in [-0.15, -0.1) is 0 Å². The maximum Gasteiger partial charge on any atom is 0.416 e. The van der Waals surface area contributed by atoms with Crippen LogP contribution in [0.3, 0.4) is 0 Å². The molecule has 11 nitrogen and oxygen atoms in total. The number of hydrogen-bond donors (Lipinski definition) is 6. The van der Waals surface area contributed by atoms with Crippen molar-refractivity contribution in [3.63, 3.8) is 0 Å². The van der Waals surface area contributed by atoms with Crippen LogP contribution in [-0.4, -0.2) is 72.1 Å². The summed E-state index contributed by atoms with van der Waals surface area (Å²) in [6.07, 6.45) is -4.54. The molecule has 0 unspecified atom stereocenters. The minimum Gasteiger partial charge on any atom is -0.490 e. The van der Waals surface area contributed by atoms with Crippen molar-refractivity contribution in [2.75, 3.05) is 26.2 Å². The molecule has 0 bridgehead atoms. The average molecular weight is 595 g/mol.